The van der Waals surface area contributed by atoms with Gasteiger partial charge in [-0.15, -0.1) is 0 Å². The number of aromatic nitrogens is 2. The molecule has 4 rings (SSSR count). The van der Waals surface area contributed by atoms with Crippen LogP contribution in [0.3, 0.4) is 0 Å². The van der Waals surface area contributed by atoms with Crippen LogP contribution in [-0.2, 0) is 0 Å². The lowest BCUT2D eigenvalue weighted by atomic mass is 10.2. The predicted molar refractivity (Wildman–Crippen MR) is 91.2 cm³/mol. The zero-order valence-corrected chi connectivity index (χ0v) is 12.7. The van der Waals surface area contributed by atoms with E-state index in [9.17, 15) is 9.59 Å². The number of fused-ring (bicyclic) bond motifs is 3. The van der Waals surface area contributed by atoms with Crippen LogP contribution < -0.4 is 10.9 Å². The van der Waals surface area contributed by atoms with Gasteiger partial charge in [0.25, 0.3) is 11.5 Å². The summed E-state index contributed by atoms with van der Waals surface area (Å²) in [6.07, 6.45) is 1.41. The molecule has 0 saturated heterocycles. The highest BCUT2D eigenvalue weighted by molar-refractivity contribution is 7.23. The summed E-state index contributed by atoms with van der Waals surface area (Å²) in [5, 5.41) is 2.64. The van der Waals surface area contributed by atoms with Gasteiger partial charge in [-0.2, -0.15) is 0 Å². The van der Waals surface area contributed by atoms with Crippen molar-refractivity contribution in [3.63, 3.8) is 0 Å². The van der Waals surface area contributed by atoms with Crippen molar-refractivity contribution in [1.29, 1.82) is 0 Å². The van der Waals surface area contributed by atoms with Gasteiger partial charge in [-0.1, -0.05) is 41.7 Å². The van der Waals surface area contributed by atoms with Crippen LogP contribution in [0.25, 0.3) is 15.2 Å². The van der Waals surface area contributed by atoms with Gasteiger partial charge in [0.1, 0.15) is 5.69 Å². The number of carbonyl (C=O) groups is 1. The molecule has 2 aromatic carbocycles. The van der Waals surface area contributed by atoms with Crippen molar-refractivity contribution in [2.75, 3.05) is 5.32 Å². The van der Waals surface area contributed by atoms with Gasteiger partial charge in [-0.25, -0.2) is 9.38 Å². The number of rotatable bonds is 2. The molecule has 4 aromatic rings. The highest BCUT2D eigenvalue weighted by atomic mass is 32.1. The molecule has 0 radical (unpaired) electrons. The molecule has 2 heterocycles. The number of thiazole rings is 1. The van der Waals surface area contributed by atoms with Crippen LogP contribution in [0.4, 0.5) is 5.69 Å². The molecule has 23 heavy (non-hydrogen) atoms. The lowest BCUT2D eigenvalue weighted by Gasteiger charge is -2.04. The lowest BCUT2D eigenvalue weighted by molar-refractivity contribution is 0.102. The van der Waals surface area contributed by atoms with Crippen LogP contribution in [0.2, 0.25) is 0 Å². The third-order valence-electron chi connectivity index (χ3n) is 3.52. The molecule has 5 nitrogen and oxygen atoms in total. The van der Waals surface area contributed by atoms with Gasteiger partial charge in [-0.05, 0) is 24.3 Å². The Bertz CT molecular complexity index is 1080. The Morgan fingerprint density at radius 1 is 1.04 bits per heavy atom. The summed E-state index contributed by atoms with van der Waals surface area (Å²) in [6.45, 7) is 0. The molecule has 0 aliphatic carbocycles. The average molecular weight is 321 g/mol. The fourth-order valence-electron chi connectivity index (χ4n) is 2.42. The largest absolute Gasteiger partial charge is 0.316 e. The van der Waals surface area contributed by atoms with Crippen molar-refractivity contribution in [3.05, 3.63) is 76.7 Å². The third kappa shape index (κ3) is 2.29. The van der Waals surface area contributed by atoms with E-state index in [0.717, 1.165) is 10.2 Å². The average Bonchev–Trinajstić information content (AvgIpc) is 2.97. The molecule has 0 aliphatic heterocycles. The number of para-hydroxylation sites is 1. The summed E-state index contributed by atoms with van der Waals surface area (Å²) in [5.74, 6) is -0.330. The van der Waals surface area contributed by atoms with Crippen molar-refractivity contribution in [3.8, 4) is 0 Å². The maximum Gasteiger partial charge on any atom is 0.282 e. The molecule has 0 saturated carbocycles. The van der Waals surface area contributed by atoms with E-state index in [1.807, 2.05) is 30.3 Å². The van der Waals surface area contributed by atoms with E-state index in [2.05, 4.69) is 10.3 Å². The fourth-order valence-corrected chi connectivity index (χ4v) is 3.41. The summed E-state index contributed by atoms with van der Waals surface area (Å²) < 4.78 is 2.50. The normalized spacial score (nSPS) is 11.0. The number of benzene rings is 2. The van der Waals surface area contributed by atoms with Crippen molar-refractivity contribution in [2.24, 2.45) is 0 Å². The number of hydrogen-bond donors (Lipinski definition) is 1. The Labute approximate surface area is 134 Å². The van der Waals surface area contributed by atoms with Crippen LogP contribution in [0.15, 0.2) is 65.6 Å². The van der Waals surface area contributed by atoms with Gasteiger partial charge < -0.3 is 5.32 Å². The Kier molecular flexibility index (Phi) is 3.17. The van der Waals surface area contributed by atoms with Crippen molar-refractivity contribution >= 4 is 38.1 Å². The molecule has 1 N–H and O–H groups in total. The first-order valence-electron chi connectivity index (χ1n) is 7.00. The molecule has 0 bridgehead atoms. The smallest absolute Gasteiger partial charge is 0.282 e. The molecule has 0 unspecified atom stereocenters. The Morgan fingerprint density at radius 2 is 1.78 bits per heavy atom. The number of nitrogens with zero attached hydrogens (tertiary/aromatic N) is 2. The van der Waals surface area contributed by atoms with E-state index >= 15 is 0 Å². The number of anilines is 1. The molecule has 0 atom stereocenters. The predicted octanol–water partition coefficient (Wildman–Crippen LogP) is 3.16. The van der Waals surface area contributed by atoms with Gasteiger partial charge in [0, 0.05) is 5.56 Å². The van der Waals surface area contributed by atoms with Crippen molar-refractivity contribution in [1.82, 2.24) is 9.38 Å². The van der Waals surface area contributed by atoms with Gasteiger partial charge in [0.05, 0.1) is 16.4 Å². The highest BCUT2D eigenvalue weighted by Gasteiger charge is 2.13. The number of hydrogen-bond acceptors (Lipinski definition) is 4. The minimum Gasteiger partial charge on any atom is -0.316 e. The summed E-state index contributed by atoms with van der Waals surface area (Å²) in [6, 6.07) is 16.4. The summed E-state index contributed by atoms with van der Waals surface area (Å²) in [5.41, 5.74) is 1.17. The van der Waals surface area contributed by atoms with Crippen molar-refractivity contribution in [2.45, 2.75) is 0 Å². The summed E-state index contributed by atoms with van der Waals surface area (Å²) in [7, 11) is 0. The molecular weight excluding hydrogens is 310 g/mol. The van der Waals surface area contributed by atoms with E-state index < -0.39 is 0 Å². The zero-order chi connectivity index (χ0) is 15.8. The molecular formula is C17H11N3O2S. The minimum absolute atomic E-state index is 0.167. The van der Waals surface area contributed by atoms with Crippen LogP contribution in [0.5, 0.6) is 0 Å². The topological polar surface area (TPSA) is 63.5 Å². The second kappa shape index (κ2) is 5.33. The first-order valence-corrected chi connectivity index (χ1v) is 7.81. The van der Waals surface area contributed by atoms with Crippen LogP contribution >= 0.6 is 11.3 Å². The van der Waals surface area contributed by atoms with Crippen LogP contribution in [0.1, 0.15) is 10.4 Å². The maximum absolute atomic E-state index is 12.7. The summed E-state index contributed by atoms with van der Waals surface area (Å²) >= 11 is 1.44. The second-order valence-corrected chi connectivity index (χ2v) is 5.99. The molecule has 0 fully saturated rings. The first kappa shape index (κ1) is 13.7. The number of amides is 1. The van der Waals surface area contributed by atoms with Gasteiger partial charge >= 0.3 is 0 Å². The van der Waals surface area contributed by atoms with Crippen LogP contribution in [0, 0.1) is 0 Å². The maximum atomic E-state index is 12.7. The first-order chi connectivity index (χ1) is 11.2. The highest BCUT2D eigenvalue weighted by Crippen LogP contribution is 2.23. The monoisotopic (exact) mass is 321 g/mol. The Balaban J connectivity index is 1.82. The second-order valence-electron chi connectivity index (χ2n) is 4.98. The molecule has 0 aliphatic rings. The van der Waals surface area contributed by atoms with E-state index in [-0.39, 0.29) is 17.2 Å². The Hall–Kier alpha value is -2.99. The molecule has 6 heteroatoms. The van der Waals surface area contributed by atoms with Gasteiger partial charge in [-0.3, -0.25) is 9.59 Å². The lowest BCUT2D eigenvalue weighted by Crippen LogP contribution is -2.22. The van der Waals surface area contributed by atoms with E-state index in [4.69, 9.17) is 0 Å². The molecule has 0 spiro atoms. The quantitative estimate of drug-likeness (QED) is 0.617. The van der Waals surface area contributed by atoms with Crippen molar-refractivity contribution < 1.29 is 4.79 Å². The zero-order valence-electron chi connectivity index (χ0n) is 11.9. The van der Waals surface area contributed by atoms with Gasteiger partial charge in [0.15, 0.2) is 4.96 Å². The molecule has 112 valence electrons. The summed E-state index contributed by atoms with van der Waals surface area (Å²) in [4.78, 5) is 29.8. The Morgan fingerprint density at radius 3 is 2.61 bits per heavy atom. The van der Waals surface area contributed by atoms with E-state index in [0.29, 0.717) is 10.5 Å². The third-order valence-corrected chi connectivity index (χ3v) is 4.56. The van der Waals surface area contributed by atoms with E-state index in [1.54, 1.807) is 24.3 Å². The number of carbonyl (C=O) groups excluding carboxylic acids is 1. The fraction of sp³-hybridized carbons (Fsp3) is 0. The minimum atomic E-state index is -0.330. The van der Waals surface area contributed by atoms with Gasteiger partial charge in [0.2, 0.25) is 0 Å². The standard InChI is InChI=1S/C17H11N3O2S/c21-15(11-6-2-1-3-7-11)19-12-10-18-17-20(16(12)22)13-8-4-5-9-14(13)23-17/h1-10H,(H,19,21). The SMILES string of the molecule is O=C(Nc1cnc2sc3ccccc3n2c1=O)c1ccccc1. The number of nitrogens with one attached hydrogen (secondary N) is 1. The van der Waals surface area contributed by atoms with Crippen LogP contribution in [-0.4, -0.2) is 15.3 Å². The molecule has 2 aromatic heterocycles. The van der Waals surface area contributed by atoms with E-state index in [1.165, 1.54) is 21.9 Å². The molecule has 1 amide bonds.